The van der Waals surface area contributed by atoms with E-state index >= 15 is 0 Å². The molecular formula is C17H17NO3. The van der Waals surface area contributed by atoms with Gasteiger partial charge in [0.05, 0.1) is 7.11 Å². The average molecular weight is 283 g/mol. The van der Waals surface area contributed by atoms with Gasteiger partial charge in [0.25, 0.3) is 0 Å². The number of hydrogen-bond acceptors (Lipinski definition) is 3. The molecule has 0 heterocycles. The van der Waals surface area contributed by atoms with Crippen molar-refractivity contribution in [2.45, 2.75) is 6.61 Å². The lowest BCUT2D eigenvalue weighted by Crippen LogP contribution is -2.13. The predicted molar refractivity (Wildman–Crippen MR) is 82.0 cm³/mol. The molecule has 4 heteroatoms. The number of primary amides is 1. The molecule has 0 aromatic heterocycles. The molecule has 0 aliphatic carbocycles. The first-order chi connectivity index (χ1) is 10.1. The van der Waals surface area contributed by atoms with Gasteiger partial charge in [0.15, 0.2) is 11.5 Å². The van der Waals surface area contributed by atoms with Crippen molar-refractivity contribution >= 4 is 11.5 Å². The molecule has 0 saturated heterocycles. The maximum absolute atomic E-state index is 11.3. The normalized spacial score (nSPS) is 9.95. The summed E-state index contributed by atoms with van der Waals surface area (Å²) < 4.78 is 11.0. The third-order valence-electron chi connectivity index (χ3n) is 3.09. The lowest BCUT2D eigenvalue weighted by Gasteiger charge is -2.13. The number of hydrogen-bond donors (Lipinski definition) is 1. The van der Waals surface area contributed by atoms with Crippen LogP contribution in [0.25, 0.3) is 5.57 Å². The highest BCUT2D eigenvalue weighted by atomic mass is 16.5. The van der Waals surface area contributed by atoms with Gasteiger partial charge < -0.3 is 15.2 Å². The number of para-hydroxylation sites is 2. The average Bonchev–Trinajstić information content (AvgIpc) is 2.52. The van der Waals surface area contributed by atoms with Crippen LogP contribution in [0.1, 0.15) is 11.1 Å². The molecule has 4 nitrogen and oxygen atoms in total. The molecule has 0 spiro atoms. The molecule has 0 bridgehead atoms. The number of benzene rings is 2. The largest absolute Gasteiger partial charge is 0.493 e. The summed E-state index contributed by atoms with van der Waals surface area (Å²) in [6.07, 6.45) is 0. The molecule has 0 radical (unpaired) electrons. The Bertz CT molecular complexity index is 665. The Morgan fingerprint density at radius 1 is 1.10 bits per heavy atom. The van der Waals surface area contributed by atoms with Crippen molar-refractivity contribution in [2.75, 3.05) is 7.11 Å². The van der Waals surface area contributed by atoms with Crippen LogP contribution >= 0.6 is 0 Å². The summed E-state index contributed by atoms with van der Waals surface area (Å²) in [6.45, 7) is 4.01. The van der Waals surface area contributed by atoms with E-state index in [2.05, 4.69) is 6.58 Å². The van der Waals surface area contributed by atoms with Crippen molar-refractivity contribution in [3.05, 3.63) is 66.2 Å². The first kappa shape index (κ1) is 14.7. The van der Waals surface area contributed by atoms with Crippen LogP contribution in [0, 0.1) is 0 Å². The lowest BCUT2D eigenvalue weighted by atomic mass is 10.0. The number of carbonyl (C=O) groups excluding carboxylic acids is 1. The van der Waals surface area contributed by atoms with Gasteiger partial charge in [-0.05, 0) is 23.3 Å². The van der Waals surface area contributed by atoms with E-state index in [4.69, 9.17) is 15.2 Å². The Labute approximate surface area is 123 Å². The summed E-state index contributed by atoms with van der Waals surface area (Å²) >= 11 is 0. The van der Waals surface area contributed by atoms with Crippen LogP contribution in [0.4, 0.5) is 0 Å². The molecular weight excluding hydrogens is 266 g/mol. The molecule has 1 amide bonds. The van der Waals surface area contributed by atoms with Crippen LogP contribution in [-0.2, 0) is 11.4 Å². The van der Waals surface area contributed by atoms with Gasteiger partial charge in [0.2, 0.25) is 5.91 Å². The molecule has 0 fully saturated rings. The number of nitrogens with two attached hydrogens (primary N) is 1. The Kier molecular flexibility index (Phi) is 4.61. The second-order valence-electron chi connectivity index (χ2n) is 4.44. The smallest absolute Gasteiger partial charge is 0.248 e. The van der Waals surface area contributed by atoms with Crippen molar-refractivity contribution in [1.82, 2.24) is 0 Å². The van der Waals surface area contributed by atoms with Crippen molar-refractivity contribution in [3.63, 3.8) is 0 Å². The van der Waals surface area contributed by atoms with E-state index in [1.807, 2.05) is 42.5 Å². The second kappa shape index (κ2) is 6.61. The first-order valence-electron chi connectivity index (χ1n) is 6.46. The number of rotatable bonds is 6. The van der Waals surface area contributed by atoms with E-state index in [0.717, 1.165) is 5.56 Å². The van der Waals surface area contributed by atoms with E-state index < -0.39 is 5.91 Å². The topological polar surface area (TPSA) is 61.6 Å². The Balaban J connectivity index is 2.21. The third kappa shape index (κ3) is 3.42. The highest BCUT2D eigenvalue weighted by Crippen LogP contribution is 2.27. The molecule has 2 aromatic rings. The Hall–Kier alpha value is -2.75. The second-order valence-corrected chi connectivity index (χ2v) is 4.44. The van der Waals surface area contributed by atoms with Crippen LogP contribution < -0.4 is 15.2 Å². The van der Waals surface area contributed by atoms with Gasteiger partial charge in [-0.15, -0.1) is 0 Å². The fraction of sp³-hybridized carbons (Fsp3) is 0.118. The number of carbonyl (C=O) groups is 1. The lowest BCUT2D eigenvalue weighted by molar-refractivity contribution is -0.112. The monoisotopic (exact) mass is 283 g/mol. The summed E-state index contributed by atoms with van der Waals surface area (Å²) in [5.41, 5.74) is 7.10. The molecule has 2 N–H and O–H groups in total. The summed E-state index contributed by atoms with van der Waals surface area (Å²) in [5, 5.41) is 0. The number of amides is 1. The Morgan fingerprint density at radius 2 is 1.71 bits per heavy atom. The van der Waals surface area contributed by atoms with Gasteiger partial charge in [0, 0.05) is 5.57 Å². The van der Waals surface area contributed by atoms with Crippen LogP contribution in [-0.4, -0.2) is 13.0 Å². The number of methoxy groups -OCH3 is 1. The van der Waals surface area contributed by atoms with E-state index in [9.17, 15) is 4.79 Å². The predicted octanol–water partition coefficient (Wildman–Crippen LogP) is 2.77. The van der Waals surface area contributed by atoms with Gasteiger partial charge in [-0.1, -0.05) is 43.0 Å². The molecule has 0 aliphatic heterocycles. The van der Waals surface area contributed by atoms with Crippen molar-refractivity contribution < 1.29 is 14.3 Å². The molecule has 0 unspecified atom stereocenters. The van der Waals surface area contributed by atoms with E-state index in [0.29, 0.717) is 23.7 Å². The molecule has 21 heavy (non-hydrogen) atoms. The van der Waals surface area contributed by atoms with E-state index in [1.165, 1.54) is 0 Å². The summed E-state index contributed by atoms with van der Waals surface area (Å²) in [5.74, 6) is 0.753. The Morgan fingerprint density at radius 3 is 2.38 bits per heavy atom. The number of ether oxygens (including phenoxy) is 2. The maximum atomic E-state index is 11.3. The highest BCUT2D eigenvalue weighted by Gasteiger charge is 2.11. The van der Waals surface area contributed by atoms with E-state index in [-0.39, 0.29) is 5.57 Å². The van der Waals surface area contributed by atoms with Crippen LogP contribution in [0.2, 0.25) is 0 Å². The molecule has 0 saturated carbocycles. The van der Waals surface area contributed by atoms with Crippen molar-refractivity contribution in [3.8, 4) is 11.5 Å². The van der Waals surface area contributed by atoms with Gasteiger partial charge in [-0.2, -0.15) is 0 Å². The van der Waals surface area contributed by atoms with Gasteiger partial charge >= 0.3 is 0 Å². The zero-order chi connectivity index (χ0) is 15.2. The zero-order valence-corrected chi connectivity index (χ0v) is 11.8. The quantitative estimate of drug-likeness (QED) is 0.829. The minimum Gasteiger partial charge on any atom is -0.493 e. The molecule has 2 aromatic carbocycles. The molecule has 0 aliphatic rings. The van der Waals surface area contributed by atoms with Gasteiger partial charge in [-0.25, -0.2) is 0 Å². The third-order valence-corrected chi connectivity index (χ3v) is 3.09. The SMILES string of the molecule is C=C(C(N)=O)c1ccccc1COc1ccccc1OC. The minimum atomic E-state index is -0.542. The summed E-state index contributed by atoms with van der Waals surface area (Å²) in [4.78, 5) is 11.3. The van der Waals surface area contributed by atoms with Crippen LogP contribution in [0.15, 0.2) is 55.1 Å². The fourth-order valence-corrected chi connectivity index (χ4v) is 1.97. The summed E-state index contributed by atoms with van der Waals surface area (Å²) in [7, 11) is 1.59. The molecule has 2 rings (SSSR count). The van der Waals surface area contributed by atoms with E-state index in [1.54, 1.807) is 13.2 Å². The molecule has 108 valence electrons. The zero-order valence-electron chi connectivity index (χ0n) is 11.8. The van der Waals surface area contributed by atoms with Crippen LogP contribution in [0.3, 0.4) is 0 Å². The van der Waals surface area contributed by atoms with Crippen molar-refractivity contribution in [2.24, 2.45) is 5.73 Å². The first-order valence-corrected chi connectivity index (χ1v) is 6.46. The van der Waals surface area contributed by atoms with Crippen molar-refractivity contribution in [1.29, 1.82) is 0 Å². The standard InChI is InChI=1S/C17H17NO3/c1-12(17(18)19)14-8-4-3-7-13(14)11-21-16-10-6-5-9-15(16)20-2/h3-10H,1,11H2,2H3,(H2,18,19). The fourth-order valence-electron chi connectivity index (χ4n) is 1.97. The minimum absolute atomic E-state index is 0.272. The summed E-state index contributed by atoms with van der Waals surface area (Å²) in [6, 6.07) is 14.8. The van der Waals surface area contributed by atoms with Gasteiger partial charge in [-0.3, -0.25) is 4.79 Å². The van der Waals surface area contributed by atoms with Gasteiger partial charge in [0.1, 0.15) is 6.61 Å². The highest BCUT2D eigenvalue weighted by molar-refractivity contribution is 6.18. The molecule has 0 atom stereocenters. The maximum Gasteiger partial charge on any atom is 0.248 e. The van der Waals surface area contributed by atoms with Crippen LogP contribution in [0.5, 0.6) is 11.5 Å².